The van der Waals surface area contributed by atoms with Gasteiger partial charge in [-0.25, -0.2) is 13.1 Å². The number of benzene rings is 1. The molecule has 0 fully saturated rings. The quantitative estimate of drug-likeness (QED) is 0.264. The molecule has 0 bridgehead atoms. The fraction of sp³-hybridized carbons (Fsp3) is 0.500. The third-order valence-corrected chi connectivity index (χ3v) is 4.23. The van der Waals surface area contributed by atoms with Gasteiger partial charge in [-0.1, -0.05) is 17.7 Å². The summed E-state index contributed by atoms with van der Waals surface area (Å²) in [6, 6.07) is 6.15. The highest BCUT2D eigenvalue weighted by Gasteiger charge is 2.14. The van der Waals surface area contributed by atoms with E-state index in [0.717, 1.165) is 0 Å². The lowest BCUT2D eigenvalue weighted by Gasteiger charge is -2.23. The Balaban J connectivity index is 0.00000484. The molecule has 0 aliphatic carbocycles. The van der Waals surface area contributed by atoms with E-state index in [4.69, 9.17) is 11.6 Å². The Morgan fingerprint density at radius 1 is 1.26 bits per heavy atom. The molecule has 6 nitrogen and oxygen atoms in total. The van der Waals surface area contributed by atoms with Crippen LogP contribution in [-0.2, 0) is 10.0 Å². The van der Waals surface area contributed by atoms with Crippen LogP contribution in [0.25, 0.3) is 0 Å². The summed E-state index contributed by atoms with van der Waals surface area (Å²) in [6.07, 6.45) is 0. The molecule has 1 aromatic carbocycles. The minimum absolute atomic E-state index is 0. The number of hydrogen-bond acceptors (Lipinski definition) is 3. The molecule has 0 saturated carbocycles. The second-order valence-corrected chi connectivity index (χ2v) is 7.93. The Morgan fingerprint density at radius 3 is 2.43 bits per heavy atom. The van der Waals surface area contributed by atoms with Crippen LogP contribution in [0.1, 0.15) is 20.8 Å². The molecule has 0 unspecified atom stereocenters. The molecule has 0 atom stereocenters. The average molecular weight is 475 g/mol. The van der Waals surface area contributed by atoms with E-state index in [1.165, 1.54) is 12.1 Å². The van der Waals surface area contributed by atoms with Crippen molar-refractivity contribution >= 4 is 51.6 Å². The number of aliphatic imine (C=N–C) groups is 1. The Morgan fingerprint density at radius 2 is 1.91 bits per heavy atom. The molecule has 1 rings (SSSR count). The van der Waals surface area contributed by atoms with Gasteiger partial charge in [-0.3, -0.25) is 4.99 Å². The zero-order chi connectivity index (χ0) is 16.8. The van der Waals surface area contributed by atoms with Crippen LogP contribution >= 0.6 is 35.6 Å². The molecule has 23 heavy (non-hydrogen) atoms. The van der Waals surface area contributed by atoms with Crippen LogP contribution in [0.15, 0.2) is 34.2 Å². The predicted molar refractivity (Wildman–Crippen MR) is 106 cm³/mol. The first-order chi connectivity index (χ1) is 10.1. The normalized spacial score (nSPS) is 12.5. The van der Waals surface area contributed by atoms with Gasteiger partial charge in [-0.15, -0.1) is 24.0 Å². The fourth-order valence-electron chi connectivity index (χ4n) is 1.62. The first-order valence-electron chi connectivity index (χ1n) is 6.88. The lowest BCUT2D eigenvalue weighted by molar-refractivity contribution is 0.501. The van der Waals surface area contributed by atoms with Gasteiger partial charge in [0.1, 0.15) is 0 Å². The first kappa shape index (κ1) is 22.4. The fourth-order valence-corrected chi connectivity index (χ4v) is 2.95. The molecule has 0 heterocycles. The summed E-state index contributed by atoms with van der Waals surface area (Å²) in [6.45, 7) is 6.69. The highest BCUT2D eigenvalue weighted by Crippen LogP contribution is 2.14. The summed E-state index contributed by atoms with van der Waals surface area (Å²) < 4.78 is 26.7. The number of guanidine groups is 1. The van der Waals surface area contributed by atoms with Crippen molar-refractivity contribution in [3.8, 4) is 0 Å². The second-order valence-electron chi connectivity index (χ2n) is 5.73. The smallest absolute Gasteiger partial charge is 0.240 e. The molecule has 3 N–H and O–H groups in total. The molecule has 0 amide bonds. The van der Waals surface area contributed by atoms with Crippen LogP contribution in [0.2, 0.25) is 5.02 Å². The summed E-state index contributed by atoms with van der Waals surface area (Å²) in [5, 5.41) is 6.62. The molecular formula is C14H24ClIN4O2S. The number of nitrogens with one attached hydrogen (secondary N) is 3. The van der Waals surface area contributed by atoms with E-state index in [1.54, 1.807) is 19.2 Å². The van der Waals surface area contributed by atoms with Gasteiger partial charge >= 0.3 is 0 Å². The van der Waals surface area contributed by atoms with E-state index in [-0.39, 0.29) is 41.0 Å². The summed E-state index contributed by atoms with van der Waals surface area (Å²) in [7, 11) is -1.89. The molecule has 1 aromatic rings. The second kappa shape index (κ2) is 9.65. The molecule has 9 heteroatoms. The van der Waals surface area contributed by atoms with E-state index in [1.807, 2.05) is 20.8 Å². The van der Waals surface area contributed by atoms with Crippen molar-refractivity contribution in [2.24, 2.45) is 4.99 Å². The summed E-state index contributed by atoms with van der Waals surface area (Å²) in [4.78, 5) is 4.23. The van der Waals surface area contributed by atoms with Crippen LogP contribution in [-0.4, -0.2) is 40.1 Å². The number of halogens is 2. The van der Waals surface area contributed by atoms with Gasteiger partial charge in [-0.05, 0) is 39.0 Å². The van der Waals surface area contributed by atoms with E-state index in [2.05, 4.69) is 20.3 Å². The molecule has 132 valence electrons. The first-order valence-corrected chi connectivity index (χ1v) is 8.74. The number of nitrogens with zero attached hydrogens (tertiary/aromatic N) is 1. The third kappa shape index (κ3) is 8.73. The lowest BCUT2D eigenvalue weighted by Crippen LogP contribution is -2.49. The minimum atomic E-state index is -3.56. The van der Waals surface area contributed by atoms with E-state index in [0.29, 0.717) is 17.5 Å². The van der Waals surface area contributed by atoms with Crippen LogP contribution in [0.5, 0.6) is 0 Å². The minimum Gasteiger partial charge on any atom is -0.355 e. The Labute approximate surface area is 160 Å². The Hall–Kier alpha value is -0.580. The highest BCUT2D eigenvalue weighted by atomic mass is 127. The van der Waals surface area contributed by atoms with Crippen LogP contribution < -0.4 is 15.4 Å². The van der Waals surface area contributed by atoms with Crippen LogP contribution in [0.4, 0.5) is 0 Å². The van der Waals surface area contributed by atoms with Crippen molar-refractivity contribution in [3.63, 3.8) is 0 Å². The van der Waals surface area contributed by atoms with Crippen molar-refractivity contribution in [1.29, 1.82) is 0 Å². The molecular weight excluding hydrogens is 451 g/mol. The van der Waals surface area contributed by atoms with Gasteiger partial charge in [0.05, 0.1) is 4.90 Å². The van der Waals surface area contributed by atoms with Gasteiger partial charge in [0.2, 0.25) is 10.0 Å². The molecule has 0 aliphatic rings. The zero-order valence-electron chi connectivity index (χ0n) is 13.7. The standard InChI is InChI=1S/C14H23ClN4O2S.HI/c1-14(2,3)19-13(16-4)17-8-9-18-22(20,21)12-7-5-6-11(15)10-12;/h5-7,10,18H,8-9H2,1-4H3,(H2,16,17,19);1H. The van der Waals surface area contributed by atoms with Crippen molar-refractivity contribution in [2.45, 2.75) is 31.2 Å². The van der Waals surface area contributed by atoms with Crippen LogP contribution in [0, 0.1) is 0 Å². The van der Waals surface area contributed by atoms with Crippen LogP contribution in [0.3, 0.4) is 0 Å². The molecule has 0 radical (unpaired) electrons. The van der Waals surface area contributed by atoms with Gasteiger partial charge in [-0.2, -0.15) is 0 Å². The molecule has 0 saturated heterocycles. The monoisotopic (exact) mass is 474 g/mol. The average Bonchev–Trinajstić information content (AvgIpc) is 2.41. The molecule has 0 spiro atoms. The third-order valence-electron chi connectivity index (χ3n) is 2.53. The maximum atomic E-state index is 12.1. The predicted octanol–water partition coefficient (Wildman–Crippen LogP) is 2.20. The topological polar surface area (TPSA) is 82.6 Å². The van der Waals surface area contributed by atoms with Gasteiger partial charge < -0.3 is 10.6 Å². The lowest BCUT2D eigenvalue weighted by atomic mass is 10.1. The van der Waals surface area contributed by atoms with Crippen molar-refractivity contribution in [2.75, 3.05) is 20.1 Å². The van der Waals surface area contributed by atoms with E-state index >= 15 is 0 Å². The van der Waals surface area contributed by atoms with Gasteiger partial charge in [0, 0.05) is 30.7 Å². The SMILES string of the molecule is CN=C(NCCNS(=O)(=O)c1cccc(Cl)c1)NC(C)(C)C.I. The molecule has 0 aromatic heterocycles. The van der Waals surface area contributed by atoms with Crippen molar-refractivity contribution in [3.05, 3.63) is 29.3 Å². The largest absolute Gasteiger partial charge is 0.355 e. The van der Waals surface area contributed by atoms with Gasteiger partial charge in [0.25, 0.3) is 0 Å². The Bertz CT molecular complexity index is 630. The van der Waals surface area contributed by atoms with Gasteiger partial charge in [0.15, 0.2) is 5.96 Å². The van der Waals surface area contributed by atoms with Crippen molar-refractivity contribution < 1.29 is 8.42 Å². The molecule has 0 aliphatic heterocycles. The number of sulfonamides is 1. The maximum Gasteiger partial charge on any atom is 0.240 e. The van der Waals surface area contributed by atoms with Crippen molar-refractivity contribution in [1.82, 2.24) is 15.4 Å². The summed E-state index contributed by atoms with van der Waals surface area (Å²) in [5.41, 5.74) is -0.123. The zero-order valence-corrected chi connectivity index (χ0v) is 17.6. The van der Waals surface area contributed by atoms with E-state index in [9.17, 15) is 8.42 Å². The van der Waals surface area contributed by atoms with E-state index < -0.39 is 10.0 Å². The highest BCUT2D eigenvalue weighted by molar-refractivity contribution is 14.0. The number of hydrogen-bond donors (Lipinski definition) is 3. The Kier molecular flexibility index (Phi) is 9.41. The maximum absolute atomic E-state index is 12.1. The summed E-state index contributed by atoms with van der Waals surface area (Å²) >= 11 is 5.81. The summed E-state index contributed by atoms with van der Waals surface area (Å²) in [5.74, 6) is 0.620. The number of rotatable bonds is 5.